The van der Waals surface area contributed by atoms with E-state index in [4.69, 9.17) is 0 Å². The Balaban J connectivity index is 1.98. The molecular formula is C13H20BrNS. The van der Waals surface area contributed by atoms with Crippen molar-refractivity contribution in [3.8, 4) is 0 Å². The lowest BCUT2D eigenvalue weighted by Crippen LogP contribution is -2.22. The molecule has 3 heteroatoms. The molecule has 1 aromatic heterocycles. The van der Waals surface area contributed by atoms with E-state index in [1.165, 1.54) is 40.8 Å². The van der Waals surface area contributed by atoms with E-state index in [2.05, 4.69) is 40.3 Å². The van der Waals surface area contributed by atoms with Crippen LogP contribution in [0.3, 0.4) is 0 Å². The minimum Gasteiger partial charge on any atom is -0.310 e. The van der Waals surface area contributed by atoms with Crippen molar-refractivity contribution < 1.29 is 0 Å². The van der Waals surface area contributed by atoms with Gasteiger partial charge in [-0.25, -0.2) is 0 Å². The Hall–Kier alpha value is 0.140. The summed E-state index contributed by atoms with van der Waals surface area (Å²) in [6.07, 6.45) is 7.08. The summed E-state index contributed by atoms with van der Waals surface area (Å²) in [5.74, 6) is 0.949. The zero-order valence-corrected chi connectivity index (χ0v) is 12.2. The molecule has 2 rings (SSSR count). The fourth-order valence-electron chi connectivity index (χ4n) is 2.64. The normalized spacial score (nSPS) is 19.1. The minimum atomic E-state index is 0.574. The van der Waals surface area contributed by atoms with E-state index in [1.807, 2.05) is 11.3 Å². The maximum absolute atomic E-state index is 3.63. The van der Waals surface area contributed by atoms with Crippen molar-refractivity contribution in [2.24, 2.45) is 5.92 Å². The minimum absolute atomic E-state index is 0.574. The second-order valence-electron chi connectivity index (χ2n) is 4.64. The summed E-state index contributed by atoms with van der Waals surface area (Å²) in [4.78, 5) is 1.49. The van der Waals surface area contributed by atoms with Crippen molar-refractivity contribution in [3.05, 3.63) is 20.8 Å². The monoisotopic (exact) mass is 301 g/mol. The van der Waals surface area contributed by atoms with Gasteiger partial charge in [0.05, 0.1) is 3.79 Å². The van der Waals surface area contributed by atoms with Gasteiger partial charge in [0, 0.05) is 10.9 Å². The molecule has 0 aliphatic heterocycles. The number of halogens is 1. The molecule has 1 aliphatic rings. The van der Waals surface area contributed by atoms with Gasteiger partial charge in [0.2, 0.25) is 0 Å². The van der Waals surface area contributed by atoms with Crippen LogP contribution < -0.4 is 5.32 Å². The molecular weight excluding hydrogens is 282 g/mol. The molecule has 1 heterocycles. The molecule has 1 nitrogen and oxygen atoms in total. The molecule has 0 amide bonds. The zero-order chi connectivity index (χ0) is 11.4. The first-order chi connectivity index (χ1) is 7.79. The molecule has 1 fully saturated rings. The van der Waals surface area contributed by atoms with Crippen LogP contribution in [0.1, 0.15) is 49.9 Å². The predicted molar refractivity (Wildman–Crippen MR) is 75.0 cm³/mol. The summed E-state index contributed by atoms with van der Waals surface area (Å²) in [6.45, 7) is 3.26. The maximum atomic E-state index is 3.63. The third kappa shape index (κ3) is 3.31. The van der Waals surface area contributed by atoms with E-state index in [9.17, 15) is 0 Å². The summed E-state index contributed by atoms with van der Waals surface area (Å²) in [6, 6.07) is 5.00. The van der Waals surface area contributed by atoms with Gasteiger partial charge < -0.3 is 5.32 Å². The van der Waals surface area contributed by atoms with Crippen molar-refractivity contribution in [3.63, 3.8) is 0 Å². The Morgan fingerprint density at radius 3 is 2.75 bits per heavy atom. The summed E-state index contributed by atoms with van der Waals surface area (Å²) in [5.41, 5.74) is 0. The molecule has 16 heavy (non-hydrogen) atoms. The number of thiophene rings is 1. The third-order valence-electron chi connectivity index (χ3n) is 3.43. The largest absolute Gasteiger partial charge is 0.310 e. The molecule has 1 atom stereocenters. The Bertz CT molecular complexity index is 317. The Labute approximate surface area is 111 Å². The number of hydrogen-bond acceptors (Lipinski definition) is 2. The second-order valence-corrected chi connectivity index (χ2v) is 7.13. The van der Waals surface area contributed by atoms with Crippen molar-refractivity contribution >= 4 is 27.3 Å². The Morgan fingerprint density at radius 1 is 1.44 bits per heavy atom. The quantitative estimate of drug-likeness (QED) is 0.828. The number of nitrogens with one attached hydrogen (secondary N) is 1. The fraction of sp³-hybridized carbons (Fsp3) is 0.692. The molecule has 0 saturated heterocycles. The Morgan fingerprint density at radius 2 is 2.19 bits per heavy atom. The van der Waals surface area contributed by atoms with Crippen LogP contribution in [0.5, 0.6) is 0 Å². The average molecular weight is 302 g/mol. The van der Waals surface area contributed by atoms with Crippen molar-refractivity contribution in [2.45, 2.75) is 45.1 Å². The van der Waals surface area contributed by atoms with Gasteiger partial charge in [-0.3, -0.25) is 0 Å². The van der Waals surface area contributed by atoms with Crippen LogP contribution in [0, 0.1) is 5.92 Å². The zero-order valence-electron chi connectivity index (χ0n) is 9.84. The van der Waals surface area contributed by atoms with Crippen LogP contribution in [-0.2, 0) is 0 Å². The molecule has 1 aromatic rings. The maximum Gasteiger partial charge on any atom is 0.0701 e. The van der Waals surface area contributed by atoms with Crippen LogP contribution in [0.15, 0.2) is 15.9 Å². The molecule has 0 radical (unpaired) electrons. The van der Waals surface area contributed by atoms with Crippen molar-refractivity contribution in [1.82, 2.24) is 5.32 Å². The van der Waals surface area contributed by atoms with Crippen LogP contribution in [-0.4, -0.2) is 6.54 Å². The first-order valence-corrected chi connectivity index (χ1v) is 7.89. The van der Waals surface area contributed by atoms with Crippen LogP contribution in [0.25, 0.3) is 0 Å². The second kappa shape index (κ2) is 6.18. The predicted octanol–water partition coefficient (Wildman–Crippen LogP) is 4.74. The standard InChI is InChI=1S/C13H20BrNS/c1-2-15-11(9-10-5-3-4-6-10)12-7-8-13(14)16-12/h7-8,10-11,15H,2-6,9H2,1H3. The van der Waals surface area contributed by atoms with Crippen molar-refractivity contribution in [2.75, 3.05) is 6.54 Å². The van der Waals surface area contributed by atoms with Gasteiger partial charge in [0.15, 0.2) is 0 Å². The SMILES string of the molecule is CCNC(CC1CCCC1)c1ccc(Br)s1. The van der Waals surface area contributed by atoms with Gasteiger partial charge in [-0.1, -0.05) is 32.6 Å². The molecule has 0 aromatic carbocycles. The lowest BCUT2D eigenvalue weighted by Gasteiger charge is -2.20. The summed E-state index contributed by atoms with van der Waals surface area (Å²) >= 11 is 5.43. The van der Waals surface area contributed by atoms with Crippen LogP contribution >= 0.6 is 27.3 Å². The van der Waals surface area contributed by atoms with E-state index in [0.717, 1.165) is 12.5 Å². The highest BCUT2D eigenvalue weighted by Gasteiger charge is 2.21. The van der Waals surface area contributed by atoms with Gasteiger partial charge in [-0.2, -0.15) is 0 Å². The lowest BCUT2D eigenvalue weighted by atomic mass is 9.97. The van der Waals surface area contributed by atoms with E-state index in [0.29, 0.717) is 6.04 Å². The molecule has 0 bridgehead atoms. The first kappa shape index (κ1) is 12.6. The van der Waals surface area contributed by atoms with E-state index >= 15 is 0 Å². The highest BCUT2D eigenvalue weighted by atomic mass is 79.9. The molecule has 90 valence electrons. The third-order valence-corrected chi connectivity index (χ3v) is 5.17. The lowest BCUT2D eigenvalue weighted by molar-refractivity contribution is 0.405. The topological polar surface area (TPSA) is 12.0 Å². The van der Waals surface area contributed by atoms with Gasteiger partial charge in [-0.15, -0.1) is 11.3 Å². The molecule has 1 unspecified atom stereocenters. The van der Waals surface area contributed by atoms with Gasteiger partial charge in [0.1, 0.15) is 0 Å². The van der Waals surface area contributed by atoms with Gasteiger partial charge in [0.25, 0.3) is 0 Å². The number of rotatable bonds is 5. The average Bonchev–Trinajstić information content (AvgIpc) is 2.88. The molecule has 0 spiro atoms. The fourth-order valence-corrected chi connectivity index (χ4v) is 4.15. The van der Waals surface area contributed by atoms with E-state index < -0.39 is 0 Å². The first-order valence-electron chi connectivity index (χ1n) is 6.28. The van der Waals surface area contributed by atoms with Crippen LogP contribution in [0.4, 0.5) is 0 Å². The highest BCUT2D eigenvalue weighted by Crippen LogP contribution is 2.36. The number of hydrogen-bond donors (Lipinski definition) is 1. The van der Waals surface area contributed by atoms with Gasteiger partial charge >= 0.3 is 0 Å². The van der Waals surface area contributed by atoms with Crippen LogP contribution in [0.2, 0.25) is 0 Å². The molecule has 1 saturated carbocycles. The van der Waals surface area contributed by atoms with Crippen molar-refractivity contribution in [1.29, 1.82) is 0 Å². The molecule has 1 aliphatic carbocycles. The van der Waals surface area contributed by atoms with Gasteiger partial charge in [-0.05, 0) is 46.9 Å². The Kier molecular flexibility index (Phi) is 4.86. The summed E-state index contributed by atoms with van der Waals surface area (Å²) in [7, 11) is 0. The van der Waals surface area contributed by atoms with E-state index in [-0.39, 0.29) is 0 Å². The molecule has 1 N–H and O–H groups in total. The highest BCUT2D eigenvalue weighted by molar-refractivity contribution is 9.11. The summed E-state index contributed by atoms with van der Waals surface area (Å²) in [5, 5.41) is 3.63. The van der Waals surface area contributed by atoms with E-state index in [1.54, 1.807) is 0 Å². The smallest absolute Gasteiger partial charge is 0.0701 e. The summed E-state index contributed by atoms with van der Waals surface area (Å²) < 4.78 is 1.25.